The maximum atomic E-state index is 11.6. The van der Waals surface area contributed by atoms with Gasteiger partial charge >= 0.3 is 6.03 Å². The number of carbonyl (C=O) groups excluding carboxylic acids is 1. The number of benzene rings is 1. The summed E-state index contributed by atoms with van der Waals surface area (Å²) in [5.74, 6) is 1.33. The molecule has 1 aromatic carbocycles. The molecule has 1 fully saturated rings. The van der Waals surface area contributed by atoms with Gasteiger partial charge in [-0.25, -0.2) is 4.79 Å². The average Bonchev–Trinajstić information content (AvgIpc) is 3.10. The molecule has 1 aliphatic heterocycles. The molecule has 7 heteroatoms. The van der Waals surface area contributed by atoms with Gasteiger partial charge in [0.2, 0.25) is 5.89 Å². The first-order valence-electron chi connectivity index (χ1n) is 8.24. The summed E-state index contributed by atoms with van der Waals surface area (Å²) in [4.78, 5) is 20.3. The van der Waals surface area contributed by atoms with Crippen molar-refractivity contribution in [2.75, 3.05) is 33.2 Å². The third kappa shape index (κ3) is 3.73. The number of carbonyl (C=O) groups is 1. The minimum Gasteiger partial charge on any atom is -0.341 e. The van der Waals surface area contributed by atoms with Crippen LogP contribution in [0, 0.1) is 0 Å². The molecule has 2 aromatic rings. The number of nitrogens with one attached hydrogen (secondary N) is 1. The molecule has 0 aliphatic carbocycles. The fourth-order valence-electron chi connectivity index (χ4n) is 2.91. The van der Waals surface area contributed by atoms with Crippen LogP contribution >= 0.6 is 0 Å². The van der Waals surface area contributed by atoms with Gasteiger partial charge in [0.05, 0.1) is 6.04 Å². The van der Waals surface area contributed by atoms with E-state index in [-0.39, 0.29) is 12.1 Å². The van der Waals surface area contributed by atoms with E-state index in [1.54, 1.807) is 7.05 Å². The third-order valence-electron chi connectivity index (χ3n) is 4.41. The van der Waals surface area contributed by atoms with Crippen molar-refractivity contribution in [3.05, 3.63) is 47.6 Å². The van der Waals surface area contributed by atoms with Gasteiger partial charge in [-0.3, -0.25) is 4.90 Å². The van der Waals surface area contributed by atoms with Gasteiger partial charge in [0, 0.05) is 39.6 Å². The Labute approximate surface area is 141 Å². The van der Waals surface area contributed by atoms with Gasteiger partial charge in [0.15, 0.2) is 5.82 Å². The molecule has 7 nitrogen and oxygen atoms in total. The van der Waals surface area contributed by atoms with Crippen molar-refractivity contribution < 1.29 is 9.32 Å². The number of urea groups is 1. The molecule has 3 rings (SSSR count). The van der Waals surface area contributed by atoms with Crippen molar-refractivity contribution in [3.8, 4) is 0 Å². The first-order valence-corrected chi connectivity index (χ1v) is 8.24. The van der Waals surface area contributed by atoms with Gasteiger partial charge < -0.3 is 14.7 Å². The van der Waals surface area contributed by atoms with E-state index in [9.17, 15) is 4.79 Å². The SMILES string of the molecule is CNC(=O)N1CCN(C(C)c2nc(Cc3ccccc3)no2)CC1. The Hall–Kier alpha value is -2.41. The smallest absolute Gasteiger partial charge is 0.317 e. The lowest BCUT2D eigenvalue weighted by atomic mass is 10.1. The average molecular weight is 329 g/mol. The fraction of sp³-hybridized carbons (Fsp3) is 0.471. The van der Waals surface area contributed by atoms with Crippen LogP contribution in [0.5, 0.6) is 0 Å². The Kier molecular flexibility index (Phi) is 5.10. The Balaban J connectivity index is 1.58. The second-order valence-corrected chi connectivity index (χ2v) is 5.97. The normalized spacial score (nSPS) is 16.8. The first-order chi connectivity index (χ1) is 11.7. The fourth-order valence-corrected chi connectivity index (χ4v) is 2.91. The molecular formula is C17H23N5O2. The molecule has 0 radical (unpaired) electrons. The van der Waals surface area contributed by atoms with E-state index in [2.05, 4.69) is 39.4 Å². The van der Waals surface area contributed by atoms with Crippen LogP contribution in [-0.4, -0.2) is 59.2 Å². The summed E-state index contributed by atoms with van der Waals surface area (Å²) in [7, 11) is 1.66. The lowest BCUT2D eigenvalue weighted by Gasteiger charge is -2.36. The summed E-state index contributed by atoms with van der Waals surface area (Å²) >= 11 is 0. The van der Waals surface area contributed by atoms with Crippen LogP contribution in [0.15, 0.2) is 34.9 Å². The molecule has 0 spiro atoms. The number of rotatable bonds is 4. The minimum absolute atomic E-state index is 0.0229. The standard InChI is InChI=1S/C17H23N5O2/c1-13(21-8-10-22(11-9-21)17(23)18-2)16-19-15(20-24-16)12-14-6-4-3-5-7-14/h3-7,13H,8-12H2,1-2H3,(H,18,23). The molecule has 1 saturated heterocycles. The summed E-state index contributed by atoms with van der Waals surface area (Å²) in [6.45, 7) is 5.06. The van der Waals surface area contributed by atoms with E-state index < -0.39 is 0 Å². The maximum absolute atomic E-state index is 11.6. The minimum atomic E-state index is -0.0229. The van der Waals surface area contributed by atoms with Crippen LogP contribution < -0.4 is 5.32 Å². The van der Waals surface area contributed by atoms with Crippen LogP contribution in [0.4, 0.5) is 4.79 Å². The molecule has 0 saturated carbocycles. The molecule has 2 heterocycles. The Morgan fingerprint density at radius 1 is 1.25 bits per heavy atom. The van der Waals surface area contributed by atoms with Crippen LogP contribution in [0.1, 0.15) is 30.2 Å². The highest BCUT2D eigenvalue weighted by atomic mass is 16.5. The number of hydrogen-bond acceptors (Lipinski definition) is 5. The van der Waals surface area contributed by atoms with Gasteiger partial charge in [0.1, 0.15) is 0 Å². The summed E-state index contributed by atoms with van der Waals surface area (Å²) in [6.07, 6.45) is 0.668. The monoisotopic (exact) mass is 329 g/mol. The van der Waals surface area contributed by atoms with Crippen LogP contribution in [0.3, 0.4) is 0 Å². The molecule has 1 aromatic heterocycles. The molecule has 2 amide bonds. The number of aromatic nitrogens is 2. The quantitative estimate of drug-likeness (QED) is 0.924. The number of piperazine rings is 1. The van der Waals surface area contributed by atoms with E-state index in [0.717, 1.165) is 18.7 Å². The molecule has 1 unspecified atom stereocenters. The highest BCUT2D eigenvalue weighted by Gasteiger charge is 2.27. The second kappa shape index (κ2) is 7.44. The third-order valence-corrected chi connectivity index (χ3v) is 4.41. The predicted molar refractivity (Wildman–Crippen MR) is 89.6 cm³/mol. The van der Waals surface area contributed by atoms with Gasteiger partial charge in [-0.2, -0.15) is 4.98 Å². The molecule has 24 heavy (non-hydrogen) atoms. The van der Waals surface area contributed by atoms with E-state index in [1.807, 2.05) is 23.1 Å². The highest BCUT2D eigenvalue weighted by Crippen LogP contribution is 2.20. The highest BCUT2D eigenvalue weighted by molar-refractivity contribution is 5.73. The first kappa shape index (κ1) is 16.4. The lowest BCUT2D eigenvalue weighted by Crippen LogP contribution is -2.51. The molecular weight excluding hydrogens is 306 g/mol. The van der Waals surface area contributed by atoms with Crippen molar-refractivity contribution in [1.29, 1.82) is 0 Å². The van der Waals surface area contributed by atoms with Crippen molar-refractivity contribution in [2.24, 2.45) is 0 Å². The Bertz CT molecular complexity index is 665. The topological polar surface area (TPSA) is 74.5 Å². The number of amides is 2. The summed E-state index contributed by atoms with van der Waals surface area (Å²) in [5, 5.41) is 6.76. The summed E-state index contributed by atoms with van der Waals surface area (Å²) in [6, 6.07) is 10.1. The van der Waals surface area contributed by atoms with Gasteiger partial charge in [-0.1, -0.05) is 35.5 Å². The van der Waals surface area contributed by atoms with E-state index in [0.29, 0.717) is 31.2 Å². The van der Waals surface area contributed by atoms with E-state index >= 15 is 0 Å². The van der Waals surface area contributed by atoms with Crippen molar-refractivity contribution in [1.82, 2.24) is 25.3 Å². The zero-order valence-electron chi connectivity index (χ0n) is 14.1. The van der Waals surface area contributed by atoms with Crippen molar-refractivity contribution in [2.45, 2.75) is 19.4 Å². The molecule has 1 atom stereocenters. The summed E-state index contributed by atoms with van der Waals surface area (Å²) in [5.41, 5.74) is 1.16. The maximum Gasteiger partial charge on any atom is 0.317 e. The molecule has 1 N–H and O–H groups in total. The lowest BCUT2D eigenvalue weighted by molar-refractivity contribution is 0.101. The zero-order valence-corrected chi connectivity index (χ0v) is 14.1. The Morgan fingerprint density at radius 2 is 1.96 bits per heavy atom. The summed E-state index contributed by atoms with van der Waals surface area (Å²) < 4.78 is 5.45. The van der Waals surface area contributed by atoms with Crippen molar-refractivity contribution >= 4 is 6.03 Å². The zero-order chi connectivity index (χ0) is 16.9. The van der Waals surface area contributed by atoms with Gasteiger partial charge in [-0.15, -0.1) is 0 Å². The molecule has 128 valence electrons. The number of nitrogens with zero attached hydrogens (tertiary/aromatic N) is 4. The van der Waals surface area contributed by atoms with Crippen molar-refractivity contribution in [3.63, 3.8) is 0 Å². The largest absolute Gasteiger partial charge is 0.341 e. The predicted octanol–water partition coefficient (Wildman–Crippen LogP) is 1.68. The van der Waals surface area contributed by atoms with Gasteiger partial charge in [0.25, 0.3) is 0 Å². The van der Waals surface area contributed by atoms with E-state index in [4.69, 9.17) is 4.52 Å². The van der Waals surface area contributed by atoms with Crippen LogP contribution in [0.25, 0.3) is 0 Å². The van der Waals surface area contributed by atoms with Gasteiger partial charge in [-0.05, 0) is 12.5 Å². The number of hydrogen-bond donors (Lipinski definition) is 1. The van der Waals surface area contributed by atoms with Crippen LogP contribution in [0.2, 0.25) is 0 Å². The molecule has 1 aliphatic rings. The second-order valence-electron chi connectivity index (χ2n) is 5.97. The van der Waals surface area contributed by atoms with E-state index in [1.165, 1.54) is 0 Å². The Morgan fingerprint density at radius 3 is 2.62 bits per heavy atom. The molecule has 0 bridgehead atoms. The van der Waals surface area contributed by atoms with Crippen LogP contribution in [-0.2, 0) is 6.42 Å².